The van der Waals surface area contributed by atoms with Crippen molar-refractivity contribution in [2.75, 3.05) is 13.2 Å². The highest BCUT2D eigenvalue weighted by Crippen LogP contribution is 2.15. The average Bonchev–Trinajstić information content (AvgIpc) is 2.60. The normalized spacial score (nSPS) is 15.6. The predicted octanol–water partition coefficient (Wildman–Crippen LogP) is 3.80. The van der Waals surface area contributed by atoms with Crippen molar-refractivity contribution in [2.24, 2.45) is 0 Å². The lowest BCUT2D eigenvalue weighted by Crippen LogP contribution is -2.12. The van der Waals surface area contributed by atoms with Gasteiger partial charge in [-0.15, -0.1) is 0 Å². The Hall–Kier alpha value is -1.98. The van der Waals surface area contributed by atoms with E-state index in [9.17, 15) is 9.35 Å². The van der Waals surface area contributed by atoms with Crippen LogP contribution in [0.3, 0.4) is 0 Å². The topological polar surface area (TPSA) is 58.6 Å². The average molecular weight is 346 g/mol. The van der Waals surface area contributed by atoms with Crippen LogP contribution in [-0.2, 0) is 25.4 Å². The Morgan fingerprint density at radius 2 is 2.00 bits per heavy atom. The molecule has 1 aromatic rings. The standard InChI is InChI=1S/C19H22O4S/c1-15-8-10-18(11-9-15)24(21)14-16(2)19(20)23-13-12-22-17-6-4-3-5-7-17/h4,6-11,14H,3,5,12-13H2,1-2H3/b16-14+. The first-order valence-corrected chi connectivity index (χ1v) is 9.10. The molecule has 1 atom stereocenters. The second kappa shape index (κ2) is 9.35. The molecule has 128 valence electrons. The maximum absolute atomic E-state index is 12.2. The Kier molecular flexibility index (Phi) is 7.15. The molecule has 0 aliphatic heterocycles. The van der Waals surface area contributed by atoms with Crippen LogP contribution in [0.4, 0.5) is 0 Å². The van der Waals surface area contributed by atoms with Crippen LogP contribution in [0.15, 0.2) is 64.1 Å². The van der Waals surface area contributed by atoms with Gasteiger partial charge in [-0.25, -0.2) is 4.79 Å². The Morgan fingerprint density at radius 3 is 2.67 bits per heavy atom. The lowest BCUT2D eigenvalue weighted by molar-refractivity contribution is -0.140. The molecule has 1 aliphatic carbocycles. The fourth-order valence-electron chi connectivity index (χ4n) is 2.05. The number of benzene rings is 1. The van der Waals surface area contributed by atoms with Crippen LogP contribution in [0.25, 0.3) is 0 Å². The van der Waals surface area contributed by atoms with Crippen molar-refractivity contribution in [3.63, 3.8) is 0 Å². The molecule has 0 fully saturated rings. The number of aryl methyl sites for hydroxylation is 1. The zero-order valence-corrected chi connectivity index (χ0v) is 14.8. The third-order valence-electron chi connectivity index (χ3n) is 3.41. The lowest BCUT2D eigenvalue weighted by atomic mass is 10.2. The minimum absolute atomic E-state index is 0.159. The van der Waals surface area contributed by atoms with E-state index in [0.29, 0.717) is 17.1 Å². The molecule has 0 amide bonds. The van der Waals surface area contributed by atoms with Crippen molar-refractivity contribution in [1.82, 2.24) is 0 Å². The van der Waals surface area contributed by atoms with Gasteiger partial charge in [-0.2, -0.15) is 0 Å². The first-order chi connectivity index (χ1) is 11.6. The third kappa shape index (κ3) is 5.91. The lowest BCUT2D eigenvalue weighted by Gasteiger charge is -2.10. The van der Waals surface area contributed by atoms with Crippen molar-refractivity contribution in [1.29, 1.82) is 0 Å². The van der Waals surface area contributed by atoms with Crippen molar-refractivity contribution in [3.05, 3.63) is 64.8 Å². The van der Waals surface area contributed by atoms with Gasteiger partial charge in [-0.3, -0.25) is 0 Å². The van der Waals surface area contributed by atoms with E-state index in [1.165, 1.54) is 5.41 Å². The van der Waals surface area contributed by atoms with Crippen LogP contribution in [-0.4, -0.2) is 23.7 Å². The molecule has 1 aliphatic rings. The Bertz CT molecular complexity index is 644. The smallest absolute Gasteiger partial charge is 0.338 e. The summed E-state index contributed by atoms with van der Waals surface area (Å²) >= 11 is -1.37. The monoisotopic (exact) mass is 346 g/mol. The first kappa shape index (κ1) is 18.4. The predicted molar refractivity (Wildman–Crippen MR) is 94.7 cm³/mol. The van der Waals surface area contributed by atoms with Crippen molar-refractivity contribution in [3.8, 4) is 0 Å². The molecule has 5 heteroatoms. The van der Waals surface area contributed by atoms with Gasteiger partial charge < -0.3 is 14.0 Å². The van der Waals surface area contributed by atoms with E-state index in [4.69, 9.17) is 9.47 Å². The van der Waals surface area contributed by atoms with Crippen molar-refractivity contribution < 1.29 is 18.8 Å². The quantitative estimate of drug-likeness (QED) is 0.326. The van der Waals surface area contributed by atoms with Gasteiger partial charge in [-0.05, 0) is 51.0 Å². The highest BCUT2D eigenvalue weighted by Gasteiger charge is 2.13. The minimum Gasteiger partial charge on any atom is -0.607 e. The molecule has 0 heterocycles. The Labute approximate surface area is 146 Å². The Balaban J connectivity index is 1.77. The van der Waals surface area contributed by atoms with E-state index in [-0.39, 0.29) is 6.61 Å². The van der Waals surface area contributed by atoms with Crippen LogP contribution in [0.1, 0.15) is 25.3 Å². The molecule has 0 radical (unpaired) electrons. The number of allylic oxidation sites excluding steroid dienone is 3. The first-order valence-electron chi connectivity index (χ1n) is 7.88. The number of carbonyl (C=O) groups excluding carboxylic acids is 1. The number of hydrogen-bond donors (Lipinski definition) is 0. The van der Waals surface area contributed by atoms with Gasteiger partial charge in [0.05, 0.1) is 5.57 Å². The molecule has 0 saturated carbocycles. The molecule has 1 unspecified atom stereocenters. The number of hydrogen-bond acceptors (Lipinski definition) is 4. The summed E-state index contributed by atoms with van der Waals surface area (Å²) in [6.45, 7) is 4.02. The summed E-state index contributed by atoms with van der Waals surface area (Å²) in [6.07, 6.45) is 7.98. The van der Waals surface area contributed by atoms with E-state index >= 15 is 0 Å². The molecule has 0 saturated heterocycles. The van der Waals surface area contributed by atoms with Crippen LogP contribution in [0.2, 0.25) is 0 Å². The molecular formula is C19H22O4S. The van der Waals surface area contributed by atoms with E-state index < -0.39 is 17.1 Å². The Morgan fingerprint density at radius 1 is 1.25 bits per heavy atom. The van der Waals surface area contributed by atoms with E-state index in [1.54, 1.807) is 19.1 Å². The maximum Gasteiger partial charge on any atom is 0.338 e. The molecule has 0 spiro atoms. The molecule has 4 nitrogen and oxygen atoms in total. The maximum atomic E-state index is 12.2. The summed E-state index contributed by atoms with van der Waals surface area (Å²) in [5.41, 5.74) is 1.42. The molecule has 0 N–H and O–H groups in total. The number of esters is 1. The second-order valence-corrected chi connectivity index (χ2v) is 6.78. The molecule has 0 bridgehead atoms. The zero-order chi connectivity index (χ0) is 17.4. The van der Waals surface area contributed by atoms with Gasteiger partial charge in [0.25, 0.3) is 0 Å². The fraction of sp³-hybridized carbons (Fsp3) is 0.316. The molecular weight excluding hydrogens is 324 g/mol. The molecule has 24 heavy (non-hydrogen) atoms. The van der Waals surface area contributed by atoms with E-state index in [2.05, 4.69) is 6.08 Å². The summed E-state index contributed by atoms with van der Waals surface area (Å²) in [5.74, 6) is 0.331. The van der Waals surface area contributed by atoms with Crippen LogP contribution in [0, 0.1) is 6.92 Å². The number of carbonyl (C=O) groups is 1. The van der Waals surface area contributed by atoms with E-state index in [1.807, 2.05) is 31.2 Å². The zero-order valence-electron chi connectivity index (χ0n) is 14.0. The number of rotatable bonds is 7. The van der Waals surface area contributed by atoms with Gasteiger partial charge >= 0.3 is 5.97 Å². The largest absolute Gasteiger partial charge is 0.607 e. The fourth-order valence-corrected chi connectivity index (χ4v) is 3.01. The van der Waals surface area contributed by atoms with Crippen LogP contribution in [0.5, 0.6) is 0 Å². The number of ether oxygens (including phenoxy) is 2. The van der Waals surface area contributed by atoms with Crippen LogP contribution >= 0.6 is 0 Å². The highest BCUT2D eigenvalue weighted by molar-refractivity contribution is 7.94. The van der Waals surface area contributed by atoms with Gasteiger partial charge in [-0.1, -0.05) is 23.8 Å². The van der Waals surface area contributed by atoms with Gasteiger partial charge in [0.15, 0.2) is 4.90 Å². The summed E-state index contributed by atoms with van der Waals surface area (Å²) in [6, 6.07) is 7.36. The summed E-state index contributed by atoms with van der Waals surface area (Å²) in [5, 5.41) is 1.42. The van der Waals surface area contributed by atoms with Gasteiger partial charge in [0.1, 0.15) is 24.4 Å². The minimum atomic E-state index is -1.37. The van der Waals surface area contributed by atoms with Crippen molar-refractivity contribution in [2.45, 2.75) is 31.6 Å². The van der Waals surface area contributed by atoms with E-state index in [0.717, 1.165) is 24.2 Å². The third-order valence-corrected chi connectivity index (χ3v) is 4.71. The summed E-state index contributed by atoms with van der Waals surface area (Å²) < 4.78 is 22.8. The van der Waals surface area contributed by atoms with Crippen molar-refractivity contribution >= 4 is 17.1 Å². The molecule has 0 aromatic heterocycles. The molecule has 1 aromatic carbocycles. The van der Waals surface area contributed by atoms with Gasteiger partial charge in [0, 0.05) is 11.2 Å². The summed E-state index contributed by atoms with van der Waals surface area (Å²) in [4.78, 5) is 12.6. The second-order valence-electron chi connectivity index (χ2n) is 5.48. The van der Waals surface area contributed by atoms with Gasteiger partial charge in [0.2, 0.25) is 0 Å². The SMILES string of the molecule is C/C(=C\[S+]([O-])c1ccc(C)cc1)C(=O)OCCOC1=CCCC=C1. The highest BCUT2D eigenvalue weighted by atomic mass is 32.2. The summed E-state index contributed by atoms with van der Waals surface area (Å²) in [7, 11) is 0. The van der Waals surface area contributed by atoms with Crippen LogP contribution < -0.4 is 0 Å². The molecule has 2 rings (SSSR count).